The zero-order valence-electron chi connectivity index (χ0n) is 12.4. The molecule has 1 rings (SSSR count). The van der Waals surface area contributed by atoms with Gasteiger partial charge in [0.15, 0.2) is 0 Å². The maximum absolute atomic E-state index is 7.75. The van der Waals surface area contributed by atoms with Gasteiger partial charge in [-0.15, -0.1) is 0 Å². The van der Waals surface area contributed by atoms with Gasteiger partial charge >= 0.3 is 21.1 Å². The van der Waals surface area contributed by atoms with Crippen molar-refractivity contribution < 1.29 is 30.7 Å². The molecule has 0 unspecified atom stereocenters. The molecule has 0 aliphatic heterocycles. The van der Waals surface area contributed by atoms with E-state index in [1.165, 1.54) is 25.7 Å². The minimum atomic E-state index is 0. The Hall–Kier alpha value is 0.0283. The predicted molar refractivity (Wildman–Crippen MR) is 74.5 cm³/mol. The molecule has 2 nitrogen and oxygen atoms in total. The van der Waals surface area contributed by atoms with Crippen LogP contribution in [-0.2, 0) is 30.7 Å². The van der Waals surface area contributed by atoms with Gasteiger partial charge in [-0.3, -0.25) is 13.6 Å². The van der Waals surface area contributed by atoms with Crippen LogP contribution in [0.1, 0.15) is 53.4 Å². The van der Waals surface area contributed by atoms with Crippen LogP contribution in [0.15, 0.2) is 0 Å². The second-order valence-corrected chi connectivity index (χ2v) is 4.12. The molecule has 3 heteroatoms. The SMILES string of the molecule is CC(C)C.CC1CCCC1.[CH-]=O.[CH-]=O.[CH3-].[CH3-].[Mo+4]. The maximum Gasteiger partial charge on any atom is 4.00 e. The second kappa shape index (κ2) is 36.0. The summed E-state index contributed by atoms with van der Waals surface area (Å²) in [4.78, 5) is 15.5. The summed E-state index contributed by atoms with van der Waals surface area (Å²) >= 11 is 0. The van der Waals surface area contributed by atoms with Crippen LogP contribution in [0.5, 0.6) is 0 Å². The van der Waals surface area contributed by atoms with Crippen molar-refractivity contribution in [1.29, 1.82) is 0 Å². The van der Waals surface area contributed by atoms with Crippen molar-refractivity contribution in [2.24, 2.45) is 11.8 Å². The third kappa shape index (κ3) is 63.9. The Labute approximate surface area is 124 Å². The molecule has 0 radical (unpaired) electrons. The molecule has 1 aliphatic rings. The van der Waals surface area contributed by atoms with Gasteiger partial charge in [0.2, 0.25) is 0 Å². The van der Waals surface area contributed by atoms with Gasteiger partial charge < -0.3 is 24.4 Å². The number of rotatable bonds is 0. The normalized spacial score (nSPS) is 11.6. The van der Waals surface area contributed by atoms with Crippen LogP contribution < -0.4 is 0 Å². The average Bonchev–Trinajstić information content (AvgIpc) is 2.62. The first-order chi connectivity index (χ1) is 6.63. The predicted octanol–water partition coefficient (Wildman–Crippen LogP) is 4.21. The maximum atomic E-state index is 7.75. The van der Waals surface area contributed by atoms with Crippen molar-refractivity contribution >= 4 is 13.6 Å². The molecule has 0 heterocycles. The summed E-state index contributed by atoms with van der Waals surface area (Å²) in [7, 11) is 0. The largest absolute Gasteiger partial charge is 4.00 e. The van der Waals surface area contributed by atoms with Crippen molar-refractivity contribution in [3.63, 3.8) is 0 Å². The molecule has 0 spiro atoms. The molecule has 0 aromatic rings. The van der Waals surface area contributed by atoms with Gasteiger partial charge in [-0.2, -0.15) is 0 Å². The molecule has 0 bridgehead atoms. The first kappa shape index (κ1) is 36.0. The molecular formula is C14H30MoO2. The summed E-state index contributed by atoms with van der Waals surface area (Å²) in [6, 6.07) is 0. The van der Waals surface area contributed by atoms with Crippen LogP contribution in [0.25, 0.3) is 0 Å². The Bertz CT molecular complexity index is 87.5. The number of hydrogen-bond donors (Lipinski definition) is 0. The van der Waals surface area contributed by atoms with E-state index < -0.39 is 0 Å². The first-order valence-electron chi connectivity index (χ1n) is 5.10. The molecule has 0 saturated heterocycles. The van der Waals surface area contributed by atoms with Gasteiger partial charge in [0, 0.05) is 0 Å². The van der Waals surface area contributed by atoms with Crippen molar-refractivity contribution in [3.8, 4) is 0 Å². The molecule has 0 N–H and O–H groups in total. The molecule has 0 atom stereocenters. The van der Waals surface area contributed by atoms with Crippen LogP contribution in [0, 0.1) is 26.7 Å². The van der Waals surface area contributed by atoms with E-state index in [2.05, 4.69) is 41.3 Å². The zero-order valence-corrected chi connectivity index (χ0v) is 14.4. The van der Waals surface area contributed by atoms with Crippen LogP contribution in [0.4, 0.5) is 0 Å². The van der Waals surface area contributed by atoms with Crippen molar-refractivity contribution in [1.82, 2.24) is 0 Å². The Kier molecular flexibility index (Phi) is 76.2. The van der Waals surface area contributed by atoms with E-state index in [1.807, 2.05) is 0 Å². The summed E-state index contributed by atoms with van der Waals surface area (Å²) < 4.78 is 0. The minimum absolute atomic E-state index is 0. The zero-order chi connectivity index (χ0) is 12.0. The second-order valence-electron chi connectivity index (χ2n) is 4.12. The van der Waals surface area contributed by atoms with E-state index in [1.54, 1.807) is 0 Å². The van der Waals surface area contributed by atoms with Gasteiger partial charge in [-0.25, -0.2) is 0 Å². The van der Waals surface area contributed by atoms with Crippen LogP contribution >= 0.6 is 0 Å². The van der Waals surface area contributed by atoms with Gasteiger partial charge in [0.25, 0.3) is 0 Å². The summed E-state index contributed by atoms with van der Waals surface area (Å²) in [6.07, 6.45) is 5.95. The van der Waals surface area contributed by atoms with Crippen LogP contribution in [-0.4, -0.2) is 13.6 Å². The van der Waals surface area contributed by atoms with E-state index in [4.69, 9.17) is 9.59 Å². The fraction of sp³-hybridized carbons (Fsp3) is 0.714. The van der Waals surface area contributed by atoms with Gasteiger partial charge in [0.05, 0.1) is 0 Å². The number of hydrogen-bond acceptors (Lipinski definition) is 2. The van der Waals surface area contributed by atoms with E-state index in [0.29, 0.717) is 0 Å². The Balaban J connectivity index is -0.0000000250. The Morgan fingerprint density at radius 3 is 1.12 bits per heavy atom. The van der Waals surface area contributed by atoms with E-state index in [-0.39, 0.29) is 35.9 Å². The van der Waals surface area contributed by atoms with Crippen molar-refractivity contribution in [2.75, 3.05) is 0 Å². The molecule has 104 valence electrons. The molecule has 1 fully saturated rings. The average molecular weight is 326 g/mol. The molecule has 0 amide bonds. The van der Waals surface area contributed by atoms with Gasteiger partial charge in [-0.1, -0.05) is 53.4 Å². The van der Waals surface area contributed by atoms with Crippen molar-refractivity contribution in [3.05, 3.63) is 14.9 Å². The van der Waals surface area contributed by atoms with E-state index in [0.717, 1.165) is 11.8 Å². The van der Waals surface area contributed by atoms with E-state index in [9.17, 15) is 0 Å². The molecule has 0 aromatic carbocycles. The Morgan fingerprint density at radius 1 is 0.882 bits per heavy atom. The first-order valence-corrected chi connectivity index (χ1v) is 5.10. The standard InChI is InChI=1S/C6H12.C4H10.2CHO.2CH3.Mo/c1-6-4-2-3-5-6;1-4(2)3;2*1-2;;;/h6H,2-5H2,1H3;4H,1-3H3;2*1H;2*1H3;/q;;4*-1;+4. The van der Waals surface area contributed by atoms with Crippen LogP contribution in [0.3, 0.4) is 0 Å². The third-order valence-corrected chi connectivity index (χ3v) is 1.64. The summed E-state index contributed by atoms with van der Waals surface area (Å²) in [5, 5.41) is 0. The van der Waals surface area contributed by atoms with E-state index >= 15 is 0 Å². The molecule has 1 aliphatic carbocycles. The quantitative estimate of drug-likeness (QED) is 0.380. The van der Waals surface area contributed by atoms with Crippen molar-refractivity contribution in [2.45, 2.75) is 53.4 Å². The molecular weight excluding hydrogens is 296 g/mol. The number of carbonyl (C=O) groups excluding carboxylic acids is 2. The fourth-order valence-corrected chi connectivity index (χ4v) is 1.13. The summed E-state index contributed by atoms with van der Waals surface area (Å²) in [5.74, 6) is 1.88. The minimum Gasteiger partial charge on any atom is -0.545 e. The van der Waals surface area contributed by atoms with Gasteiger partial charge in [0.1, 0.15) is 0 Å². The smallest absolute Gasteiger partial charge is 0.545 e. The van der Waals surface area contributed by atoms with Gasteiger partial charge in [-0.05, 0) is 11.8 Å². The molecule has 0 aromatic heterocycles. The summed E-state index contributed by atoms with van der Waals surface area (Å²) in [6.45, 7) is 15.3. The topological polar surface area (TPSA) is 34.1 Å². The van der Waals surface area contributed by atoms with Crippen LogP contribution in [0.2, 0.25) is 0 Å². The summed E-state index contributed by atoms with van der Waals surface area (Å²) in [5.41, 5.74) is 0. The Morgan fingerprint density at radius 2 is 1.06 bits per heavy atom. The monoisotopic (exact) mass is 328 g/mol. The molecule has 17 heavy (non-hydrogen) atoms. The third-order valence-electron chi connectivity index (χ3n) is 1.64. The molecule has 1 saturated carbocycles. The fourth-order valence-electron chi connectivity index (χ4n) is 1.13.